The number of hydrogen-bond donors (Lipinski definition) is 1. The largest absolute Gasteiger partial charge is 0.870 e. The van der Waals surface area contributed by atoms with Gasteiger partial charge in [-0.1, -0.05) is 79.5 Å². The molecular formula is C46H71NO6. The maximum atomic E-state index is 14.9. The summed E-state index contributed by atoms with van der Waals surface area (Å²) in [7, 11) is 5.38. The minimum absolute atomic E-state index is 0. The molecule has 1 aromatic carbocycles. The van der Waals surface area contributed by atoms with Crippen LogP contribution in [0, 0.1) is 28.1 Å². The first-order valence-corrected chi connectivity index (χ1v) is 19.2. The van der Waals surface area contributed by atoms with E-state index in [1.165, 1.54) is 16.7 Å². The molecule has 0 saturated heterocycles. The van der Waals surface area contributed by atoms with E-state index in [9.17, 15) is 14.4 Å². The van der Waals surface area contributed by atoms with Crippen molar-refractivity contribution >= 4 is 17.3 Å². The van der Waals surface area contributed by atoms with Crippen LogP contribution >= 0.6 is 0 Å². The highest BCUT2D eigenvalue weighted by Crippen LogP contribution is 2.66. The van der Waals surface area contributed by atoms with Crippen LogP contribution in [-0.4, -0.2) is 50.6 Å². The molecule has 1 aromatic rings. The molecular weight excluding hydrogens is 663 g/mol. The van der Waals surface area contributed by atoms with E-state index in [0.29, 0.717) is 31.3 Å². The zero-order chi connectivity index (χ0) is 39.4. The Morgan fingerprint density at radius 1 is 0.887 bits per heavy atom. The monoisotopic (exact) mass is 734 g/mol. The van der Waals surface area contributed by atoms with Crippen LogP contribution in [0.5, 0.6) is 11.5 Å². The summed E-state index contributed by atoms with van der Waals surface area (Å²) in [5, 5.41) is 2.16. The first-order chi connectivity index (χ1) is 24.4. The number of hydrogen-bond acceptors (Lipinski definition) is 6. The summed E-state index contributed by atoms with van der Waals surface area (Å²) in [6, 6.07) is 6.05. The fourth-order valence-corrected chi connectivity index (χ4v) is 7.97. The second kappa shape index (κ2) is 20.8. The lowest BCUT2D eigenvalue weighted by atomic mass is 9.38. The number of fused-ring (bicyclic) bond motifs is 2. The number of likely N-dealkylation sites (N-methyl/N-ethyl adjacent to an activating group) is 1. The zero-order valence-corrected chi connectivity index (χ0v) is 35.5. The number of ether oxygens (including phenoxy) is 2. The lowest BCUT2D eigenvalue weighted by Gasteiger charge is -2.60. The third-order valence-electron chi connectivity index (χ3n) is 10.9. The van der Waals surface area contributed by atoms with Gasteiger partial charge in [-0.3, -0.25) is 14.4 Å². The molecule has 2 aliphatic carbocycles. The summed E-state index contributed by atoms with van der Waals surface area (Å²) < 4.78 is 10.4. The van der Waals surface area contributed by atoms with Crippen molar-refractivity contribution < 1.29 is 34.7 Å². The van der Waals surface area contributed by atoms with Gasteiger partial charge in [0.25, 0.3) is 0 Å². The molecule has 0 radical (unpaired) electrons. The first kappa shape index (κ1) is 47.5. The fourth-order valence-electron chi connectivity index (χ4n) is 7.97. The standard InChI is InChI=1S/C35H52O3.C11H17NO2.H2O/c1-23(2)13-12-19-33(11)29(17-15-25(5)6)22-34(20-18-26(7)8)21-28(16-14-24(3)4)31(37)35(33,32(34)38)30(36)27(9)10;1-12-7-6-9-4-5-10(13-2)11(8-9)14-3;/h13-15,18,21,27,29H,12,16-17,19-20,22H2,1-11H3;4-5,8,12H,6-7H2,1-3H3;1H2/t29?,33-,34+,35+;;/m1../s1. The van der Waals surface area contributed by atoms with E-state index in [-0.39, 0.29) is 28.7 Å². The van der Waals surface area contributed by atoms with Gasteiger partial charge in [0.05, 0.1) is 33.2 Å². The maximum Gasteiger partial charge on any atom is 0.180 e. The smallest absolute Gasteiger partial charge is 0.180 e. The van der Waals surface area contributed by atoms with Crippen molar-refractivity contribution in [3.05, 3.63) is 82.0 Å². The van der Waals surface area contributed by atoms with Gasteiger partial charge in [-0.15, -0.1) is 0 Å². The van der Waals surface area contributed by atoms with Crippen molar-refractivity contribution in [2.75, 3.05) is 27.8 Å². The highest BCUT2D eigenvalue weighted by Gasteiger charge is 2.73. The van der Waals surface area contributed by atoms with Gasteiger partial charge < -0.3 is 20.3 Å². The molecule has 0 aliphatic heterocycles. The van der Waals surface area contributed by atoms with Crippen LogP contribution in [0.2, 0.25) is 0 Å². The molecule has 4 atom stereocenters. The predicted molar refractivity (Wildman–Crippen MR) is 218 cm³/mol. The third-order valence-corrected chi connectivity index (χ3v) is 10.9. The Labute approximate surface area is 321 Å². The molecule has 0 amide bonds. The molecule has 0 aromatic heterocycles. The molecule has 1 fully saturated rings. The topological polar surface area (TPSA) is 116 Å². The molecule has 7 heteroatoms. The highest BCUT2D eigenvalue weighted by atomic mass is 16.5. The maximum absolute atomic E-state index is 14.9. The Bertz CT molecular complexity index is 1580. The number of quaternary nitrogens is 1. The SMILES string of the molecule is CC(C)=CCC[C@]1(C)C(CC=C(C)C)C[C@]2(CC=C(C)C)C=C(CC=C(C)C)C(=O)[C@@]1(C(=O)C(C)C)C2=O.C[NH2+]CCc1ccc(OC)c(OC)c1.[OH-]. The Hall–Kier alpha value is -3.55. The van der Waals surface area contributed by atoms with Gasteiger partial charge in [0.1, 0.15) is 0 Å². The number of ketones is 3. The number of carbonyl (C=O) groups excluding carboxylic acids is 3. The second-order valence-electron chi connectivity index (χ2n) is 16.5. The summed E-state index contributed by atoms with van der Waals surface area (Å²) in [5.74, 6) is 0.612. The first-order valence-electron chi connectivity index (χ1n) is 19.2. The van der Waals surface area contributed by atoms with Gasteiger partial charge in [0, 0.05) is 12.3 Å². The summed E-state index contributed by atoms with van der Waals surface area (Å²) in [6.45, 7) is 23.3. The summed E-state index contributed by atoms with van der Waals surface area (Å²) in [6.07, 6.45) is 15.4. The van der Waals surface area contributed by atoms with Crippen LogP contribution in [0.1, 0.15) is 120 Å². The van der Waals surface area contributed by atoms with Crippen LogP contribution in [0.3, 0.4) is 0 Å². The number of Topliss-reactive ketones (excluding diaryl/α,β-unsaturated/α-hetero) is 3. The van der Waals surface area contributed by atoms with Crippen LogP contribution in [0.25, 0.3) is 0 Å². The minimum Gasteiger partial charge on any atom is -0.870 e. The molecule has 1 unspecified atom stereocenters. The van der Waals surface area contributed by atoms with Crippen LogP contribution in [0.4, 0.5) is 0 Å². The normalized spacial score (nSPS) is 23.0. The number of allylic oxidation sites excluding steroid dienone is 10. The molecule has 296 valence electrons. The van der Waals surface area contributed by atoms with E-state index in [1.54, 1.807) is 14.2 Å². The Morgan fingerprint density at radius 2 is 1.47 bits per heavy atom. The number of methoxy groups -OCH3 is 2. The lowest BCUT2D eigenvalue weighted by molar-refractivity contribution is -0.626. The van der Waals surface area contributed by atoms with E-state index in [2.05, 4.69) is 77.4 Å². The predicted octanol–water partition coefficient (Wildman–Crippen LogP) is 9.37. The van der Waals surface area contributed by atoms with Gasteiger partial charge >= 0.3 is 0 Å². The molecule has 0 heterocycles. The van der Waals surface area contributed by atoms with Crippen molar-refractivity contribution in [2.45, 2.75) is 121 Å². The van der Waals surface area contributed by atoms with Crippen molar-refractivity contribution in [2.24, 2.45) is 28.1 Å². The molecule has 2 aliphatic rings. The fraction of sp³-hybridized carbons (Fsp3) is 0.587. The van der Waals surface area contributed by atoms with Crippen LogP contribution in [0.15, 0.2) is 76.4 Å². The van der Waals surface area contributed by atoms with E-state index in [1.807, 2.05) is 59.8 Å². The molecule has 2 bridgehead atoms. The molecule has 3 rings (SSSR count). The van der Waals surface area contributed by atoms with E-state index in [0.717, 1.165) is 48.5 Å². The Balaban J connectivity index is 0.000000784. The molecule has 0 spiro atoms. The second-order valence-corrected chi connectivity index (χ2v) is 16.5. The average Bonchev–Trinajstić information content (AvgIpc) is 3.08. The van der Waals surface area contributed by atoms with Gasteiger partial charge in [-0.25, -0.2) is 0 Å². The number of benzene rings is 1. The zero-order valence-electron chi connectivity index (χ0n) is 35.5. The summed E-state index contributed by atoms with van der Waals surface area (Å²) in [4.78, 5) is 44.1. The third kappa shape index (κ3) is 11.0. The van der Waals surface area contributed by atoms with Crippen LogP contribution in [-0.2, 0) is 20.8 Å². The van der Waals surface area contributed by atoms with Crippen molar-refractivity contribution in [1.29, 1.82) is 0 Å². The van der Waals surface area contributed by atoms with Gasteiger partial charge in [0.15, 0.2) is 34.3 Å². The van der Waals surface area contributed by atoms with Gasteiger partial charge in [-0.2, -0.15) is 0 Å². The number of rotatable bonds is 16. The van der Waals surface area contributed by atoms with E-state index in [4.69, 9.17) is 9.47 Å². The summed E-state index contributed by atoms with van der Waals surface area (Å²) >= 11 is 0. The van der Waals surface area contributed by atoms with Gasteiger partial charge in [0.2, 0.25) is 0 Å². The average molecular weight is 734 g/mol. The van der Waals surface area contributed by atoms with E-state index < -0.39 is 22.2 Å². The number of nitrogens with two attached hydrogens (primary N) is 1. The molecule has 53 heavy (non-hydrogen) atoms. The molecule has 3 N–H and O–H groups in total. The highest BCUT2D eigenvalue weighted by molar-refractivity contribution is 6.33. The lowest BCUT2D eigenvalue weighted by Crippen LogP contribution is -2.80. The van der Waals surface area contributed by atoms with E-state index >= 15 is 0 Å². The number of carbonyl (C=O) groups is 3. The quantitative estimate of drug-likeness (QED) is 0.134. The van der Waals surface area contributed by atoms with Gasteiger partial charge in [-0.05, 0) is 129 Å². The Morgan fingerprint density at radius 3 is 1.98 bits per heavy atom. The summed E-state index contributed by atoms with van der Waals surface area (Å²) in [5.41, 5.74) is 3.31. The van der Waals surface area contributed by atoms with Crippen molar-refractivity contribution in [3.63, 3.8) is 0 Å². The minimum atomic E-state index is -1.66. The van der Waals surface area contributed by atoms with Crippen molar-refractivity contribution in [3.8, 4) is 11.5 Å². The molecule has 7 nitrogen and oxygen atoms in total. The molecule has 1 saturated carbocycles. The van der Waals surface area contributed by atoms with Crippen molar-refractivity contribution in [1.82, 2.24) is 0 Å². The Kier molecular flexibility index (Phi) is 18.6. The van der Waals surface area contributed by atoms with Crippen LogP contribution < -0.4 is 14.8 Å².